The first-order valence-corrected chi connectivity index (χ1v) is 7.46. The zero-order valence-corrected chi connectivity index (χ0v) is 12.5. The number of ether oxygens (including phenoxy) is 1. The number of aryl methyl sites for hydroxylation is 1. The highest BCUT2D eigenvalue weighted by atomic mass is 16.5. The van der Waals surface area contributed by atoms with Crippen molar-refractivity contribution in [2.45, 2.75) is 32.6 Å². The van der Waals surface area contributed by atoms with Crippen molar-refractivity contribution in [1.29, 1.82) is 0 Å². The number of hydrogen-bond acceptors (Lipinski definition) is 4. The summed E-state index contributed by atoms with van der Waals surface area (Å²) in [5.74, 6) is 0.192. The largest absolute Gasteiger partial charge is 0.465 e. The van der Waals surface area contributed by atoms with Crippen LogP contribution in [0.2, 0.25) is 0 Å². The number of hydrogen-bond donors (Lipinski definition) is 0. The standard InChI is InChI=1S/C16H20N2O3/c1-10-13(16(20)21-2)9-12-5-7-18(8-6-14(12)17-10)15(19)11-3-4-11/h9,11H,3-8H2,1-2H3. The summed E-state index contributed by atoms with van der Waals surface area (Å²) in [6, 6.07) is 1.88. The minimum absolute atomic E-state index is 0.256. The molecule has 1 fully saturated rings. The van der Waals surface area contributed by atoms with Gasteiger partial charge < -0.3 is 9.64 Å². The molecule has 21 heavy (non-hydrogen) atoms. The SMILES string of the molecule is COC(=O)c1cc2c(nc1C)CCN(C(=O)C1CC1)CC2. The fourth-order valence-electron chi connectivity index (χ4n) is 2.86. The molecule has 0 bridgehead atoms. The van der Waals surface area contributed by atoms with Crippen molar-refractivity contribution < 1.29 is 14.3 Å². The molecule has 2 aliphatic rings. The lowest BCUT2D eigenvalue weighted by molar-refractivity contribution is -0.132. The van der Waals surface area contributed by atoms with Gasteiger partial charge in [-0.15, -0.1) is 0 Å². The van der Waals surface area contributed by atoms with E-state index in [4.69, 9.17) is 4.74 Å². The Bertz CT molecular complexity index is 593. The molecule has 1 aromatic rings. The van der Waals surface area contributed by atoms with Gasteiger partial charge in [-0.25, -0.2) is 4.79 Å². The van der Waals surface area contributed by atoms with Gasteiger partial charge in [-0.2, -0.15) is 0 Å². The highest BCUT2D eigenvalue weighted by molar-refractivity contribution is 5.90. The van der Waals surface area contributed by atoms with E-state index in [1.807, 2.05) is 17.9 Å². The van der Waals surface area contributed by atoms with Crippen LogP contribution in [0, 0.1) is 12.8 Å². The van der Waals surface area contributed by atoms with E-state index in [1.165, 1.54) is 7.11 Å². The molecule has 2 heterocycles. The number of esters is 1. The lowest BCUT2D eigenvalue weighted by Crippen LogP contribution is -2.34. The summed E-state index contributed by atoms with van der Waals surface area (Å²) in [4.78, 5) is 30.4. The van der Waals surface area contributed by atoms with Gasteiger partial charge in [-0.3, -0.25) is 9.78 Å². The van der Waals surface area contributed by atoms with Crippen LogP contribution in [0.25, 0.3) is 0 Å². The molecule has 0 aromatic carbocycles. The number of carbonyl (C=O) groups excluding carboxylic acids is 2. The third-order valence-corrected chi connectivity index (χ3v) is 4.29. The van der Waals surface area contributed by atoms with Crippen molar-refractivity contribution in [2.24, 2.45) is 5.92 Å². The minimum Gasteiger partial charge on any atom is -0.465 e. The van der Waals surface area contributed by atoms with Crippen molar-refractivity contribution in [3.05, 3.63) is 28.6 Å². The molecule has 1 aliphatic carbocycles. The van der Waals surface area contributed by atoms with Gasteiger partial charge in [0.25, 0.3) is 0 Å². The summed E-state index contributed by atoms with van der Waals surface area (Å²) >= 11 is 0. The van der Waals surface area contributed by atoms with Crippen molar-refractivity contribution in [3.63, 3.8) is 0 Å². The highest BCUT2D eigenvalue weighted by Crippen LogP contribution is 2.31. The molecular formula is C16H20N2O3. The lowest BCUT2D eigenvalue weighted by atomic mass is 10.0. The molecule has 1 aliphatic heterocycles. The van der Waals surface area contributed by atoms with E-state index in [0.717, 1.165) is 43.5 Å². The third-order valence-electron chi connectivity index (χ3n) is 4.29. The van der Waals surface area contributed by atoms with Crippen LogP contribution in [0.5, 0.6) is 0 Å². The highest BCUT2D eigenvalue weighted by Gasteiger charge is 2.34. The average Bonchev–Trinajstić information content (AvgIpc) is 3.32. The number of methoxy groups -OCH3 is 1. The van der Waals surface area contributed by atoms with Crippen LogP contribution in [0.15, 0.2) is 6.07 Å². The van der Waals surface area contributed by atoms with Gasteiger partial charge in [0, 0.05) is 31.1 Å². The van der Waals surface area contributed by atoms with Crippen molar-refractivity contribution in [3.8, 4) is 0 Å². The Kier molecular flexibility index (Phi) is 3.66. The topological polar surface area (TPSA) is 59.5 Å². The zero-order valence-electron chi connectivity index (χ0n) is 12.5. The molecule has 5 heteroatoms. The maximum atomic E-state index is 12.2. The van der Waals surface area contributed by atoms with Gasteiger partial charge in [-0.05, 0) is 37.8 Å². The van der Waals surface area contributed by atoms with Crippen LogP contribution in [0.4, 0.5) is 0 Å². The summed E-state index contributed by atoms with van der Waals surface area (Å²) in [5.41, 5.74) is 3.29. The molecule has 0 radical (unpaired) electrons. The fourth-order valence-corrected chi connectivity index (χ4v) is 2.86. The Hall–Kier alpha value is -1.91. The summed E-state index contributed by atoms with van der Waals surface area (Å²) in [6.07, 6.45) is 3.58. The Morgan fingerprint density at radius 1 is 1.29 bits per heavy atom. The molecule has 1 saturated carbocycles. The van der Waals surface area contributed by atoms with Gasteiger partial charge in [0.1, 0.15) is 0 Å². The molecule has 1 aromatic heterocycles. The quantitative estimate of drug-likeness (QED) is 0.774. The van der Waals surface area contributed by atoms with Gasteiger partial charge in [0.05, 0.1) is 18.4 Å². The van der Waals surface area contributed by atoms with Crippen LogP contribution in [-0.4, -0.2) is 42.0 Å². The Labute approximate surface area is 124 Å². The zero-order chi connectivity index (χ0) is 15.0. The van der Waals surface area contributed by atoms with Crippen LogP contribution in [0.3, 0.4) is 0 Å². The third kappa shape index (κ3) is 2.77. The molecule has 1 amide bonds. The summed E-state index contributed by atoms with van der Waals surface area (Å²) < 4.78 is 4.79. The molecule has 0 spiro atoms. The fraction of sp³-hybridized carbons (Fsp3) is 0.562. The van der Waals surface area contributed by atoms with Crippen molar-refractivity contribution in [2.75, 3.05) is 20.2 Å². The maximum Gasteiger partial charge on any atom is 0.339 e. The molecular weight excluding hydrogens is 268 g/mol. The van der Waals surface area contributed by atoms with Crippen LogP contribution in [0.1, 0.15) is 40.2 Å². The summed E-state index contributed by atoms with van der Waals surface area (Å²) in [5, 5.41) is 0. The first-order chi connectivity index (χ1) is 10.1. The molecule has 0 atom stereocenters. The van der Waals surface area contributed by atoms with Crippen LogP contribution < -0.4 is 0 Å². The molecule has 0 unspecified atom stereocenters. The predicted molar refractivity (Wildman–Crippen MR) is 77.0 cm³/mol. The van der Waals surface area contributed by atoms with E-state index in [9.17, 15) is 9.59 Å². The van der Waals surface area contributed by atoms with Gasteiger partial charge in [0.15, 0.2) is 0 Å². The normalized spacial score (nSPS) is 17.9. The van der Waals surface area contributed by atoms with Gasteiger partial charge in [-0.1, -0.05) is 0 Å². The Morgan fingerprint density at radius 2 is 2.00 bits per heavy atom. The van der Waals surface area contributed by atoms with E-state index in [2.05, 4.69) is 4.98 Å². The number of aromatic nitrogens is 1. The number of fused-ring (bicyclic) bond motifs is 1. The molecule has 0 N–H and O–H groups in total. The lowest BCUT2D eigenvalue weighted by Gasteiger charge is -2.19. The van der Waals surface area contributed by atoms with E-state index < -0.39 is 0 Å². The first kappa shape index (κ1) is 14.0. The second kappa shape index (κ2) is 5.47. The van der Waals surface area contributed by atoms with Crippen molar-refractivity contribution >= 4 is 11.9 Å². The predicted octanol–water partition coefficient (Wildman–Crippen LogP) is 1.51. The number of amides is 1. The van der Waals surface area contributed by atoms with E-state index in [0.29, 0.717) is 17.8 Å². The summed E-state index contributed by atoms with van der Waals surface area (Å²) in [6.45, 7) is 3.27. The number of rotatable bonds is 2. The number of nitrogens with zero attached hydrogens (tertiary/aromatic N) is 2. The maximum absolute atomic E-state index is 12.2. The first-order valence-electron chi connectivity index (χ1n) is 7.46. The van der Waals surface area contributed by atoms with Crippen LogP contribution in [-0.2, 0) is 22.4 Å². The summed E-state index contributed by atoms with van der Waals surface area (Å²) in [7, 11) is 1.38. The van der Waals surface area contributed by atoms with Gasteiger partial charge >= 0.3 is 5.97 Å². The molecule has 5 nitrogen and oxygen atoms in total. The Morgan fingerprint density at radius 3 is 2.67 bits per heavy atom. The molecule has 0 saturated heterocycles. The van der Waals surface area contributed by atoms with Gasteiger partial charge in [0.2, 0.25) is 5.91 Å². The van der Waals surface area contributed by atoms with E-state index in [1.54, 1.807) is 0 Å². The number of pyridine rings is 1. The number of carbonyl (C=O) groups is 2. The molecule has 3 rings (SSSR count). The minimum atomic E-state index is -0.349. The second-order valence-electron chi connectivity index (χ2n) is 5.82. The smallest absolute Gasteiger partial charge is 0.339 e. The average molecular weight is 288 g/mol. The monoisotopic (exact) mass is 288 g/mol. The van der Waals surface area contributed by atoms with E-state index in [-0.39, 0.29) is 17.8 Å². The van der Waals surface area contributed by atoms with E-state index >= 15 is 0 Å². The molecule has 112 valence electrons. The Balaban J connectivity index is 1.82. The second-order valence-corrected chi connectivity index (χ2v) is 5.82. The van der Waals surface area contributed by atoms with Crippen LogP contribution >= 0.6 is 0 Å². The van der Waals surface area contributed by atoms with Crippen molar-refractivity contribution in [1.82, 2.24) is 9.88 Å².